The topological polar surface area (TPSA) is 38.3 Å². The van der Waals surface area contributed by atoms with Crippen LogP contribution in [-0.4, -0.2) is 30.2 Å². The third kappa shape index (κ3) is 4.41. The van der Waals surface area contributed by atoms with Crippen molar-refractivity contribution in [3.05, 3.63) is 0 Å². The van der Waals surface area contributed by atoms with E-state index in [1.807, 2.05) is 25.6 Å². The van der Waals surface area contributed by atoms with Gasteiger partial charge in [0, 0.05) is 6.54 Å². The van der Waals surface area contributed by atoms with Crippen LogP contribution in [0, 0.1) is 5.92 Å². The Morgan fingerprint density at radius 1 is 1.69 bits per heavy atom. The summed E-state index contributed by atoms with van der Waals surface area (Å²) in [6, 6.07) is 0. The number of rotatable bonds is 3. The summed E-state index contributed by atoms with van der Waals surface area (Å²) in [5.41, 5.74) is 0. The number of hydrogen-bond donors (Lipinski definition) is 1. The maximum Gasteiger partial charge on any atom is 0.407 e. The first-order chi connectivity index (χ1) is 6.18. The molecule has 0 aromatic heterocycles. The van der Waals surface area contributed by atoms with Gasteiger partial charge in [-0.05, 0) is 37.7 Å². The number of ether oxygens (including phenoxy) is 1. The van der Waals surface area contributed by atoms with Crippen LogP contribution in [0.15, 0.2) is 0 Å². The lowest BCUT2D eigenvalue weighted by atomic mass is 10.1. The minimum Gasteiger partial charge on any atom is -0.447 e. The van der Waals surface area contributed by atoms with Crippen molar-refractivity contribution in [2.45, 2.75) is 26.4 Å². The fourth-order valence-electron chi connectivity index (χ4n) is 1.23. The largest absolute Gasteiger partial charge is 0.447 e. The lowest BCUT2D eigenvalue weighted by Gasteiger charge is -2.12. The highest BCUT2D eigenvalue weighted by molar-refractivity contribution is 7.99. The highest BCUT2D eigenvalue weighted by atomic mass is 32.2. The molecule has 0 aromatic rings. The van der Waals surface area contributed by atoms with Gasteiger partial charge in [-0.2, -0.15) is 11.8 Å². The Bertz CT molecular complexity index is 167. The minimum atomic E-state index is -0.285. The predicted octanol–water partition coefficient (Wildman–Crippen LogP) is 1.87. The molecule has 76 valence electrons. The first-order valence-corrected chi connectivity index (χ1v) is 5.86. The van der Waals surface area contributed by atoms with E-state index in [-0.39, 0.29) is 12.2 Å². The molecule has 1 saturated heterocycles. The normalized spacial score (nSPS) is 21.9. The van der Waals surface area contributed by atoms with E-state index in [0.717, 1.165) is 6.54 Å². The molecule has 0 aliphatic carbocycles. The molecule has 1 fully saturated rings. The van der Waals surface area contributed by atoms with E-state index >= 15 is 0 Å². The van der Waals surface area contributed by atoms with Gasteiger partial charge in [0.2, 0.25) is 0 Å². The maximum atomic E-state index is 11.1. The molecule has 1 aliphatic rings. The molecule has 1 rings (SSSR count). The lowest BCUT2D eigenvalue weighted by Crippen LogP contribution is -2.31. The average Bonchev–Trinajstić information content (AvgIpc) is 2.51. The standard InChI is InChI=1S/C9H17NO2S/c1-7(2)12-9(11)10-5-8-3-4-13-6-8/h7-8H,3-6H2,1-2H3,(H,10,11). The van der Waals surface area contributed by atoms with Crippen LogP contribution in [-0.2, 0) is 4.74 Å². The summed E-state index contributed by atoms with van der Waals surface area (Å²) in [7, 11) is 0. The second-order valence-electron chi connectivity index (χ2n) is 3.56. The van der Waals surface area contributed by atoms with Crippen LogP contribution in [0.3, 0.4) is 0 Å². The van der Waals surface area contributed by atoms with Crippen molar-refractivity contribution in [1.29, 1.82) is 0 Å². The number of carbonyl (C=O) groups is 1. The molecule has 3 nitrogen and oxygen atoms in total. The van der Waals surface area contributed by atoms with Gasteiger partial charge >= 0.3 is 6.09 Å². The molecule has 4 heteroatoms. The molecule has 0 bridgehead atoms. The monoisotopic (exact) mass is 203 g/mol. The number of thioether (sulfide) groups is 1. The zero-order valence-corrected chi connectivity index (χ0v) is 9.02. The quantitative estimate of drug-likeness (QED) is 0.761. The zero-order chi connectivity index (χ0) is 9.68. The van der Waals surface area contributed by atoms with E-state index in [4.69, 9.17) is 4.74 Å². The van der Waals surface area contributed by atoms with Crippen molar-refractivity contribution in [1.82, 2.24) is 5.32 Å². The van der Waals surface area contributed by atoms with Crippen LogP contribution in [0.2, 0.25) is 0 Å². The first-order valence-electron chi connectivity index (χ1n) is 4.70. The summed E-state index contributed by atoms with van der Waals surface area (Å²) >= 11 is 1.96. The Labute approximate surface area is 83.6 Å². The van der Waals surface area contributed by atoms with Gasteiger partial charge < -0.3 is 10.1 Å². The second-order valence-corrected chi connectivity index (χ2v) is 4.71. The van der Waals surface area contributed by atoms with Crippen LogP contribution in [0.25, 0.3) is 0 Å². The summed E-state index contributed by atoms with van der Waals surface area (Å²) in [6.07, 6.45) is 0.900. The molecule has 1 amide bonds. The molecule has 1 atom stereocenters. The highest BCUT2D eigenvalue weighted by Gasteiger charge is 2.16. The average molecular weight is 203 g/mol. The fourth-order valence-corrected chi connectivity index (χ4v) is 2.51. The van der Waals surface area contributed by atoms with Crippen LogP contribution in [0.4, 0.5) is 4.79 Å². The Morgan fingerprint density at radius 2 is 2.46 bits per heavy atom. The van der Waals surface area contributed by atoms with E-state index in [9.17, 15) is 4.79 Å². The van der Waals surface area contributed by atoms with Gasteiger partial charge in [-0.1, -0.05) is 0 Å². The van der Waals surface area contributed by atoms with Gasteiger partial charge in [0.25, 0.3) is 0 Å². The molecule has 1 aliphatic heterocycles. The summed E-state index contributed by atoms with van der Waals surface area (Å²) in [5, 5.41) is 2.78. The molecule has 13 heavy (non-hydrogen) atoms. The van der Waals surface area contributed by atoms with E-state index in [2.05, 4.69) is 5.32 Å². The molecule has 0 radical (unpaired) electrons. The van der Waals surface area contributed by atoms with Crippen LogP contribution < -0.4 is 5.32 Å². The molecule has 1 unspecified atom stereocenters. The molecular formula is C9H17NO2S. The molecule has 1 heterocycles. The van der Waals surface area contributed by atoms with Gasteiger partial charge in [0.05, 0.1) is 6.10 Å². The van der Waals surface area contributed by atoms with Gasteiger partial charge in [-0.25, -0.2) is 4.79 Å². The van der Waals surface area contributed by atoms with E-state index in [0.29, 0.717) is 5.92 Å². The molecule has 0 saturated carbocycles. The number of nitrogens with one attached hydrogen (secondary N) is 1. The highest BCUT2D eigenvalue weighted by Crippen LogP contribution is 2.22. The van der Waals surface area contributed by atoms with Crippen molar-refractivity contribution in [2.75, 3.05) is 18.1 Å². The van der Waals surface area contributed by atoms with Crippen molar-refractivity contribution in [3.63, 3.8) is 0 Å². The molecule has 1 N–H and O–H groups in total. The zero-order valence-electron chi connectivity index (χ0n) is 8.21. The van der Waals surface area contributed by atoms with Crippen molar-refractivity contribution in [3.8, 4) is 0 Å². The Balaban J connectivity index is 2.07. The van der Waals surface area contributed by atoms with Gasteiger partial charge in [-0.15, -0.1) is 0 Å². The summed E-state index contributed by atoms with van der Waals surface area (Å²) in [4.78, 5) is 11.1. The fraction of sp³-hybridized carbons (Fsp3) is 0.889. The summed E-state index contributed by atoms with van der Waals surface area (Å²) < 4.78 is 4.95. The second kappa shape index (κ2) is 5.37. The number of hydrogen-bond acceptors (Lipinski definition) is 3. The Hall–Kier alpha value is -0.380. The van der Waals surface area contributed by atoms with E-state index in [1.165, 1.54) is 17.9 Å². The van der Waals surface area contributed by atoms with Crippen LogP contribution in [0.5, 0.6) is 0 Å². The Kier molecular flexibility index (Phi) is 4.42. The molecular weight excluding hydrogens is 186 g/mol. The SMILES string of the molecule is CC(C)OC(=O)NCC1CCSC1. The van der Waals surface area contributed by atoms with Gasteiger partial charge in [0.1, 0.15) is 0 Å². The van der Waals surface area contributed by atoms with E-state index in [1.54, 1.807) is 0 Å². The lowest BCUT2D eigenvalue weighted by molar-refractivity contribution is 0.114. The van der Waals surface area contributed by atoms with Crippen molar-refractivity contribution < 1.29 is 9.53 Å². The smallest absolute Gasteiger partial charge is 0.407 e. The number of amides is 1. The van der Waals surface area contributed by atoms with Gasteiger partial charge in [-0.3, -0.25) is 0 Å². The predicted molar refractivity (Wildman–Crippen MR) is 55.1 cm³/mol. The first kappa shape index (κ1) is 10.7. The maximum absolute atomic E-state index is 11.1. The minimum absolute atomic E-state index is 0.0297. The van der Waals surface area contributed by atoms with Crippen molar-refractivity contribution in [2.24, 2.45) is 5.92 Å². The van der Waals surface area contributed by atoms with Crippen LogP contribution >= 0.6 is 11.8 Å². The third-order valence-electron chi connectivity index (χ3n) is 1.90. The molecule has 0 aromatic carbocycles. The van der Waals surface area contributed by atoms with Crippen LogP contribution in [0.1, 0.15) is 20.3 Å². The summed E-state index contributed by atoms with van der Waals surface area (Å²) in [6.45, 7) is 4.47. The van der Waals surface area contributed by atoms with Crippen molar-refractivity contribution >= 4 is 17.9 Å². The summed E-state index contributed by atoms with van der Waals surface area (Å²) in [5.74, 6) is 3.04. The third-order valence-corrected chi connectivity index (χ3v) is 3.13. The molecule has 0 spiro atoms. The number of alkyl carbamates (subject to hydrolysis) is 1. The van der Waals surface area contributed by atoms with Gasteiger partial charge in [0.15, 0.2) is 0 Å². The van der Waals surface area contributed by atoms with E-state index < -0.39 is 0 Å². The number of carbonyl (C=O) groups excluding carboxylic acids is 1. The Morgan fingerprint density at radius 3 is 3.00 bits per heavy atom.